The number of benzene rings is 1. The number of nitrogen functional groups attached to an aromatic ring is 1. The van der Waals surface area contributed by atoms with Gasteiger partial charge in [-0.25, -0.2) is 0 Å². The summed E-state index contributed by atoms with van der Waals surface area (Å²) in [6, 6.07) is 5.85. The number of nitrogens with two attached hydrogens (primary N) is 1. The van der Waals surface area contributed by atoms with Crippen LogP contribution >= 0.6 is 0 Å². The SMILES string of the molecule is COc1ccc(CN(C)C(C)c2nc(N)nc(N(C)C)n2)cc1OC. The molecule has 2 rings (SSSR count). The molecule has 0 bridgehead atoms. The van der Waals surface area contributed by atoms with Gasteiger partial charge in [0.05, 0.1) is 20.3 Å². The predicted octanol–water partition coefficient (Wildman–Crippen LogP) is 1.73. The van der Waals surface area contributed by atoms with Gasteiger partial charge in [-0.2, -0.15) is 15.0 Å². The second kappa shape index (κ2) is 7.98. The van der Waals surface area contributed by atoms with Crippen LogP contribution in [0.15, 0.2) is 18.2 Å². The molecule has 0 radical (unpaired) electrons. The molecule has 1 unspecified atom stereocenters. The molecule has 0 fully saturated rings. The first-order valence-electron chi connectivity index (χ1n) is 7.95. The Balaban J connectivity index is 2.19. The van der Waals surface area contributed by atoms with E-state index in [0.29, 0.717) is 29.8 Å². The summed E-state index contributed by atoms with van der Waals surface area (Å²) in [7, 11) is 9.01. The molecule has 1 aromatic heterocycles. The lowest BCUT2D eigenvalue weighted by Crippen LogP contribution is -2.25. The largest absolute Gasteiger partial charge is 0.493 e. The van der Waals surface area contributed by atoms with E-state index in [1.807, 2.05) is 51.2 Å². The summed E-state index contributed by atoms with van der Waals surface area (Å²) in [5.41, 5.74) is 6.92. The maximum absolute atomic E-state index is 5.82. The van der Waals surface area contributed by atoms with E-state index in [0.717, 1.165) is 5.56 Å². The predicted molar refractivity (Wildman–Crippen MR) is 98.0 cm³/mol. The average Bonchev–Trinajstić information content (AvgIpc) is 2.60. The highest BCUT2D eigenvalue weighted by Gasteiger charge is 2.18. The zero-order chi connectivity index (χ0) is 18.6. The molecule has 0 aliphatic heterocycles. The van der Waals surface area contributed by atoms with Crippen molar-refractivity contribution in [3.05, 3.63) is 29.6 Å². The Kier molecular flexibility index (Phi) is 5.97. The van der Waals surface area contributed by atoms with E-state index in [-0.39, 0.29) is 12.0 Å². The lowest BCUT2D eigenvalue weighted by atomic mass is 10.1. The first-order valence-corrected chi connectivity index (χ1v) is 7.95. The fourth-order valence-corrected chi connectivity index (χ4v) is 2.39. The third-order valence-corrected chi connectivity index (χ3v) is 3.97. The summed E-state index contributed by atoms with van der Waals surface area (Å²) in [4.78, 5) is 16.9. The molecule has 8 nitrogen and oxygen atoms in total. The molecule has 0 aliphatic carbocycles. The number of hydrogen-bond acceptors (Lipinski definition) is 8. The summed E-state index contributed by atoms with van der Waals surface area (Å²) in [5, 5.41) is 0. The van der Waals surface area contributed by atoms with E-state index in [2.05, 4.69) is 19.9 Å². The molecule has 2 N–H and O–H groups in total. The maximum atomic E-state index is 5.82. The number of nitrogens with zero attached hydrogens (tertiary/aromatic N) is 5. The fraction of sp³-hybridized carbons (Fsp3) is 0.471. The molecule has 0 aliphatic rings. The molecular weight excluding hydrogens is 320 g/mol. The molecule has 136 valence electrons. The Morgan fingerprint density at radius 3 is 2.32 bits per heavy atom. The summed E-state index contributed by atoms with van der Waals surface area (Å²) >= 11 is 0. The van der Waals surface area contributed by atoms with Crippen molar-refractivity contribution in [2.45, 2.75) is 19.5 Å². The molecule has 0 amide bonds. The monoisotopic (exact) mass is 346 g/mol. The Bertz CT molecular complexity index is 722. The molecule has 0 saturated heterocycles. The standard InChI is InChI=1S/C17H26N6O2/c1-11(15-19-16(18)21-17(20-15)22(2)3)23(4)10-12-7-8-13(24-5)14(9-12)25-6/h7-9,11H,10H2,1-6H3,(H2,18,19,20,21). The Morgan fingerprint density at radius 1 is 1.04 bits per heavy atom. The molecule has 25 heavy (non-hydrogen) atoms. The number of anilines is 2. The quantitative estimate of drug-likeness (QED) is 0.811. The first kappa shape index (κ1) is 18.7. The highest BCUT2D eigenvalue weighted by Crippen LogP contribution is 2.29. The van der Waals surface area contributed by atoms with Crippen LogP contribution < -0.4 is 20.1 Å². The van der Waals surface area contributed by atoms with Gasteiger partial charge in [-0.05, 0) is 31.7 Å². The smallest absolute Gasteiger partial charge is 0.229 e. The lowest BCUT2D eigenvalue weighted by Gasteiger charge is -2.24. The van der Waals surface area contributed by atoms with Crippen LogP contribution in [0, 0.1) is 0 Å². The number of hydrogen-bond donors (Lipinski definition) is 1. The first-order chi connectivity index (χ1) is 11.8. The number of aromatic nitrogens is 3. The van der Waals surface area contributed by atoms with E-state index >= 15 is 0 Å². The van der Waals surface area contributed by atoms with Crippen molar-refractivity contribution >= 4 is 11.9 Å². The Hall–Kier alpha value is -2.61. The van der Waals surface area contributed by atoms with Gasteiger partial charge in [0, 0.05) is 20.6 Å². The second-order valence-corrected chi connectivity index (χ2v) is 6.03. The normalized spacial score (nSPS) is 12.1. The Morgan fingerprint density at radius 2 is 1.72 bits per heavy atom. The van der Waals surface area contributed by atoms with Crippen LogP contribution in [0.2, 0.25) is 0 Å². The number of ether oxygens (including phenoxy) is 2. The zero-order valence-corrected chi connectivity index (χ0v) is 15.6. The fourth-order valence-electron chi connectivity index (χ4n) is 2.39. The minimum Gasteiger partial charge on any atom is -0.493 e. The van der Waals surface area contributed by atoms with Crippen LogP contribution in [0.1, 0.15) is 24.4 Å². The zero-order valence-electron chi connectivity index (χ0n) is 15.6. The molecule has 1 heterocycles. The van der Waals surface area contributed by atoms with E-state index in [4.69, 9.17) is 15.2 Å². The molecule has 0 saturated carbocycles. The van der Waals surface area contributed by atoms with Crippen LogP contribution in [0.25, 0.3) is 0 Å². The van der Waals surface area contributed by atoms with Crippen molar-refractivity contribution in [2.75, 3.05) is 46.0 Å². The summed E-state index contributed by atoms with van der Waals surface area (Å²) < 4.78 is 10.6. The van der Waals surface area contributed by atoms with Gasteiger partial charge in [-0.15, -0.1) is 0 Å². The van der Waals surface area contributed by atoms with Gasteiger partial charge >= 0.3 is 0 Å². The topological polar surface area (TPSA) is 89.6 Å². The highest BCUT2D eigenvalue weighted by atomic mass is 16.5. The van der Waals surface area contributed by atoms with E-state index in [9.17, 15) is 0 Å². The highest BCUT2D eigenvalue weighted by molar-refractivity contribution is 5.43. The van der Waals surface area contributed by atoms with Crippen LogP contribution in [0.4, 0.5) is 11.9 Å². The van der Waals surface area contributed by atoms with E-state index < -0.39 is 0 Å². The van der Waals surface area contributed by atoms with Crippen LogP contribution in [0.3, 0.4) is 0 Å². The van der Waals surface area contributed by atoms with Crippen molar-refractivity contribution in [1.82, 2.24) is 19.9 Å². The summed E-state index contributed by atoms with van der Waals surface area (Å²) in [6.45, 7) is 2.74. The average molecular weight is 346 g/mol. The van der Waals surface area contributed by atoms with Gasteiger partial charge in [0.2, 0.25) is 11.9 Å². The van der Waals surface area contributed by atoms with Crippen molar-refractivity contribution in [3.8, 4) is 11.5 Å². The maximum Gasteiger partial charge on any atom is 0.229 e. The molecule has 2 aromatic rings. The lowest BCUT2D eigenvalue weighted by molar-refractivity contribution is 0.243. The molecular formula is C17H26N6O2. The Labute approximate surface area is 148 Å². The van der Waals surface area contributed by atoms with Gasteiger partial charge in [0.15, 0.2) is 17.3 Å². The van der Waals surface area contributed by atoms with Crippen LogP contribution in [0.5, 0.6) is 11.5 Å². The third-order valence-electron chi connectivity index (χ3n) is 3.97. The minimum atomic E-state index is -0.0305. The van der Waals surface area contributed by atoms with E-state index in [1.165, 1.54) is 0 Å². The third kappa shape index (κ3) is 4.48. The van der Waals surface area contributed by atoms with Gasteiger partial charge in [-0.3, -0.25) is 4.90 Å². The van der Waals surface area contributed by atoms with Gasteiger partial charge in [0.25, 0.3) is 0 Å². The minimum absolute atomic E-state index is 0.0305. The van der Waals surface area contributed by atoms with Crippen molar-refractivity contribution in [2.24, 2.45) is 0 Å². The molecule has 8 heteroatoms. The molecule has 1 aromatic carbocycles. The number of rotatable bonds is 7. The van der Waals surface area contributed by atoms with Gasteiger partial charge in [-0.1, -0.05) is 6.07 Å². The molecule has 0 spiro atoms. The van der Waals surface area contributed by atoms with Gasteiger partial charge < -0.3 is 20.1 Å². The van der Waals surface area contributed by atoms with Crippen LogP contribution in [-0.2, 0) is 6.54 Å². The van der Waals surface area contributed by atoms with E-state index in [1.54, 1.807) is 14.2 Å². The second-order valence-electron chi connectivity index (χ2n) is 6.03. The molecule has 1 atom stereocenters. The van der Waals surface area contributed by atoms with Crippen molar-refractivity contribution in [1.29, 1.82) is 0 Å². The summed E-state index contributed by atoms with van der Waals surface area (Å²) in [6.07, 6.45) is 0. The van der Waals surface area contributed by atoms with Crippen molar-refractivity contribution < 1.29 is 9.47 Å². The van der Waals surface area contributed by atoms with Gasteiger partial charge in [0.1, 0.15) is 0 Å². The van der Waals surface area contributed by atoms with Crippen molar-refractivity contribution in [3.63, 3.8) is 0 Å². The summed E-state index contributed by atoms with van der Waals surface area (Å²) in [5.74, 6) is 2.83. The van der Waals surface area contributed by atoms with Crippen LogP contribution in [-0.4, -0.2) is 55.2 Å². The number of methoxy groups -OCH3 is 2.